The Morgan fingerprint density at radius 3 is 2.63 bits per heavy atom. The molecule has 0 aliphatic rings. The van der Waals surface area contributed by atoms with Crippen molar-refractivity contribution in [2.24, 2.45) is 0 Å². The second-order valence-electron chi connectivity index (χ2n) is 4.65. The van der Waals surface area contributed by atoms with E-state index >= 15 is 0 Å². The van der Waals surface area contributed by atoms with Crippen molar-refractivity contribution in [1.29, 1.82) is 0 Å². The fourth-order valence-corrected chi connectivity index (χ4v) is 1.91. The third-order valence-corrected chi connectivity index (χ3v) is 2.86. The predicted octanol–water partition coefficient (Wildman–Crippen LogP) is 3.05. The standard InChI is InChI=1S/C14H20N2O3/c1-5-15(9-10(2)3)13-7-6-12(11(4)17)8-14(13)16(18)19/h6-8,11,17H,2,5,9H2,1,3-4H3/t11-/m0/s1. The van der Waals surface area contributed by atoms with Gasteiger partial charge in [0.2, 0.25) is 0 Å². The largest absolute Gasteiger partial charge is 0.389 e. The summed E-state index contributed by atoms with van der Waals surface area (Å²) in [6, 6.07) is 4.84. The Morgan fingerprint density at radius 1 is 1.58 bits per heavy atom. The Kier molecular flexibility index (Phi) is 5.06. The lowest BCUT2D eigenvalue weighted by Crippen LogP contribution is -2.25. The first-order chi connectivity index (χ1) is 8.86. The average molecular weight is 264 g/mol. The molecule has 0 unspecified atom stereocenters. The fourth-order valence-electron chi connectivity index (χ4n) is 1.91. The van der Waals surface area contributed by atoms with E-state index < -0.39 is 11.0 Å². The molecule has 1 aromatic carbocycles. The number of benzene rings is 1. The second-order valence-corrected chi connectivity index (χ2v) is 4.65. The summed E-state index contributed by atoms with van der Waals surface area (Å²) < 4.78 is 0. The minimum atomic E-state index is -0.719. The molecule has 0 saturated carbocycles. The fraction of sp³-hybridized carbons (Fsp3) is 0.429. The van der Waals surface area contributed by atoms with E-state index in [2.05, 4.69) is 6.58 Å². The summed E-state index contributed by atoms with van der Waals surface area (Å²) in [5, 5.41) is 20.7. The molecule has 1 rings (SSSR count). The average Bonchev–Trinajstić information content (AvgIpc) is 2.34. The van der Waals surface area contributed by atoms with Crippen LogP contribution >= 0.6 is 0 Å². The van der Waals surface area contributed by atoms with E-state index in [1.807, 2.05) is 18.7 Å². The summed E-state index contributed by atoms with van der Waals surface area (Å²) in [7, 11) is 0. The lowest BCUT2D eigenvalue weighted by molar-refractivity contribution is -0.384. The molecule has 0 aliphatic heterocycles. The lowest BCUT2D eigenvalue weighted by Gasteiger charge is -2.23. The molecule has 0 bridgehead atoms. The Hall–Kier alpha value is -1.88. The van der Waals surface area contributed by atoms with E-state index in [1.54, 1.807) is 19.1 Å². The van der Waals surface area contributed by atoms with Gasteiger partial charge in [-0.15, -0.1) is 0 Å². The molecular weight excluding hydrogens is 244 g/mol. The van der Waals surface area contributed by atoms with Gasteiger partial charge in [0, 0.05) is 19.2 Å². The Labute approximate surface area is 113 Å². The van der Waals surface area contributed by atoms with E-state index in [1.165, 1.54) is 6.07 Å². The summed E-state index contributed by atoms with van der Waals surface area (Å²) in [5.41, 5.74) is 2.05. The van der Waals surface area contributed by atoms with Gasteiger partial charge in [-0.05, 0) is 32.4 Å². The SMILES string of the molecule is C=C(C)CN(CC)c1ccc([C@H](C)O)cc1[N+](=O)[O-]. The van der Waals surface area contributed by atoms with Crippen molar-refractivity contribution in [3.63, 3.8) is 0 Å². The maximum atomic E-state index is 11.2. The molecule has 5 heteroatoms. The highest BCUT2D eigenvalue weighted by atomic mass is 16.6. The number of nitro groups is 1. The van der Waals surface area contributed by atoms with Crippen molar-refractivity contribution in [1.82, 2.24) is 0 Å². The van der Waals surface area contributed by atoms with Crippen molar-refractivity contribution in [3.05, 3.63) is 46.0 Å². The number of aliphatic hydroxyl groups excluding tert-OH is 1. The van der Waals surface area contributed by atoms with Crippen molar-refractivity contribution < 1.29 is 10.0 Å². The van der Waals surface area contributed by atoms with Crippen LogP contribution in [0.2, 0.25) is 0 Å². The van der Waals surface area contributed by atoms with Gasteiger partial charge in [0.25, 0.3) is 5.69 Å². The van der Waals surface area contributed by atoms with Crippen LogP contribution in [0.1, 0.15) is 32.4 Å². The minimum Gasteiger partial charge on any atom is -0.389 e. The van der Waals surface area contributed by atoms with Crippen molar-refractivity contribution in [2.75, 3.05) is 18.0 Å². The number of hydrogen-bond acceptors (Lipinski definition) is 4. The molecular formula is C14H20N2O3. The molecule has 0 aromatic heterocycles. The quantitative estimate of drug-likeness (QED) is 0.487. The molecule has 0 aliphatic carbocycles. The van der Waals surface area contributed by atoms with Gasteiger partial charge in [0.1, 0.15) is 5.69 Å². The summed E-state index contributed by atoms with van der Waals surface area (Å²) in [6.45, 7) is 10.5. The van der Waals surface area contributed by atoms with Gasteiger partial charge in [0.05, 0.1) is 11.0 Å². The summed E-state index contributed by atoms with van der Waals surface area (Å²) >= 11 is 0. The van der Waals surface area contributed by atoms with E-state index in [0.717, 1.165) is 5.57 Å². The smallest absolute Gasteiger partial charge is 0.292 e. The molecule has 0 spiro atoms. The maximum Gasteiger partial charge on any atom is 0.292 e. The van der Waals surface area contributed by atoms with Gasteiger partial charge >= 0.3 is 0 Å². The van der Waals surface area contributed by atoms with E-state index in [4.69, 9.17) is 0 Å². The molecule has 1 atom stereocenters. The van der Waals surface area contributed by atoms with Crippen LogP contribution in [0.25, 0.3) is 0 Å². The first-order valence-electron chi connectivity index (χ1n) is 6.22. The molecule has 5 nitrogen and oxygen atoms in total. The third-order valence-electron chi connectivity index (χ3n) is 2.86. The molecule has 0 heterocycles. The number of nitro benzene ring substituents is 1. The number of nitrogens with zero attached hydrogens (tertiary/aromatic N) is 2. The van der Waals surface area contributed by atoms with Gasteiger partial charge in [0.15, 0.2) is 0 Å². The number of aliphatic hydroxyl groups is 1. The van der Waals surface area contributed by atoms with Gasteiger partial charge in [-0.2, -0.15) is 0 Å². The van der Waals surface area contributed by atoms with Crippen LogP contribution in [0, 0.1) is 10.1 Å². The third kappa shape index (κ3) is 3.79. The van der Waals surface area contributed by atoms with Crippen LogP contribution in [0.15, 0.2) is 30.4 Å². The zero-order valence-corrected chi connectivity index (χ0v) is 11.6. The van der Waals surface area contributed by atoms with Gasteiger partial charge < -0.3 is 10.0 Å². The normalized spacial score (nSPS) is 12.0. The molecule has 1 aromatic rings. The van der Waals surface area contributed by atoms with Gasteiger partial charge in [-0.3, -0.25) is 10.1 Å². The molecule has 104 valence electrons. The van der Waals surface area contributed by atoms with Crippen LogP contribution in [0.3, 0.4) is 0 Å². The first kappa shape index (κ1) is 15.2. The summed E-state index contributed by atoms with van der Waals surface area (Å²) in [5.74, 6) is 0. The second kappa shape index (κ2) is 6.33. The van der Waals surface area contributed by atoms with Crippen molar-refractivity contribution in [2.45, 2.75) is 26.9 Å². The Balaban J connectivity index is 3.25. The van der Waals surface area contributed by atoms with Crippen LogP contribution in [-0.2, 0) is 0 Å². The number of anilines is 1. The van der Waals surface area contributed by atoms with Crippen LogP contribution < -0.4 is 4.90 Å². The van der Waals surface area contributed by atoms with Crippen LogP contribution in [0.5, 0.6) is 0 Å². The maximum absolute atomic E-state index is 11.2. The summed E-state index contributed by atoms with van der Waals surface area (Å²) in [6.07, 6.45) is -0.719. The summed E-state index contributed by atoms with van der Waals surface area (Å²) in [4.78, 5) is 12.7. The Morgan fingerprint density at radius 2 is 2.21 bits per heavy atom. The predicted molar refractivity (Wildman–Crippen MR) is 76.4 cm³/mol. The highest BCUT2D eigenvalue weighted by Crippen LogP contribution is 2.31. The molecule has 0 radical (unpaired) electrons. The number of hydrogen-bond donors (Lipinski definition) is 1. The van der Waals surface area contributed by atoms with E-state index in [-0.39, 0.29) is 5.69 Å². The molecule has 19 heavy (non-hydrogen) atoms. The van der Waals surface area contributed by atoms with E-state index in [9.17, 15) is 15.2 Å². The first-order valence-corrected chi connectivity index (χ1v) is 6.22. The number of likely N-dealkylation sites (N-methyl/N-ethyl adjacent to an activating group) is 1. The van der Waals surface area contributed by atoms with Gasteiger partial charge in [-0.1, -0.05) is 18.2 Å². The van der Waals surface area contributed by atoms with Crippen molar-refractivity contribution >= 4 is 11.4 Å². The molecule has 0 saturated heterocycles. The Bertz CT molecular complexity index is 484. The van der Waals surface area contributed by atoms with Gasteiger partial charge in [-0.25, -0.2) is 0 Å². The van der Waals surface area contributed by atoms with Crippen LogP contribution in [0.4, 0.5) is 11.4 Å². The lowest BCUT2D eigenvalue weighted by atomic mass is 10.1. The monoisotopic (exact) mass is 264 g/mol. The molecule has 0 amide bonds. The molecule has 0 fully saturated rings. The highest BCUT2D eigenvalue weighted by molar-refractivity contribution is 5.65. The highest BCUT2D eigenvalue weighted by Gasteiger charge is 2.20. The topological polar surface area (TPSA) is 66.6 Å². The van der Waals surface area contributed by atoms with Crippen LogP contribution in [-0.4, -0.2) is 23.1 Å². The zero-order chi connectivity index (χ0) is 14.6. The number of rotatable bonds is 6. The van der Waals surface area contributed by atoms with Crippen molar-refractivity contribution in [3.8, 4) is 0 Å². The zero-order valence-electron chi connectivity index (χ0n) is 11.6. The van der Waals surface area contributed by atoms with E-state index in [0.29, 0.717) is 24.3 Å². The minimum absolute atomic E-state index is 0.0153. The molecule has 1 N–H and O–H groups in total.